The van der Waals surface area contributed by atoms with Gasteiger partial charge in [-0.2, -0.15) is 5.10 Å². The Kier molecular flexibility index (Phi) is 2.37. The maximum Gasteiger partial charge on any atom is 0.149 e. The summed E-state index contributed by atoms with van der Waals surface area (Å²) in [6.45, 7) is 3.90. The van der Waals surface area contributed by atoms with Crippen molar-refractivity contribution in [1.82, 2.24) is 20.2 Å². The van der Waals surface area contributed by atoms with Crippen molar-refractivity contribution in [1.29, 1.82) is 0 Å². The number of nitrogen functional groups attached to an aromatic ring is 1. The average Bonchev–Trinajstić information content (AvgIpc) is 2.59. The van der Waals surface area contributed by atoms with E-state index in [1.807, 2.05) is 19.9 Å². The molecule has 0 radical (unpaired) electrons. The number of aryl methyl sites for hydroxylation is 1. The molecule has 0 saturated carbocycles. The molecule has 0 aromatic carbocycles. The summed E-state index contributed by atoms with van der Waals surface area (Å²) in [6.07, 6.45) is 2.56. The van der Waals surface area contributed by atoms with E-state index in [1.165, 1.54) is 0 Å². The van der Waals surface area contributed by atoms with E-state index in [0.29, 0.717) is 5.82 Å². The number of nitrogens with zero attached hydrogens (tertiary/aromatic N) is 3. The minimum Gasteiger partial charge on any atom is -0.382 e. The lowest BCUT2D eigenvalue weighted by molar-refractivity contribution is 1.03. The van der Waals surface area contributed by atoms with Gasteiger partial charge < -0.3 is 5.73 Å². The van der Waals surface area contributed by atoms with Crippen LogP contribution in [0.2, 0.25) is 0 Å². The van der Waals surface area contributed by atoms with Gasteiger partial charge in [0.2, 0.25) is 0 Å². The number of anilines is 1. The molecule has 15 heavy (non-hydrogen) atoms. The number of hydrogen-bond acceptors (Lipinski definition) is 4. The van der Waals surface area contributed by atoms with E-state index in [0.717, 1.165) is 29.2 Å². The van der Waals surface area contributed by atoms with Crippen molar-refractivity contribution in [2.45, 2.75) is 20.3 Å². The topological polar surface area (TPSA) is 80.5 Å². The fourth-order valence-electron chi connectivity index (χ4n) is 1.54. The molecule has 3 N–H and O–H groups in total. The molecule has 0 bridgehead atoms. The quantitative estimate of drug-likeness (QED) is 0.771. The minimum atomic E-state index is 0.545. The predicted molar refractivity (Wildman–Crippen MR) is 58.1 cm³/mol. The summed E-state index contributed by atoms with van der Waals surface area (Å²) in [6, 6.07) is 1.85. The van der Waals surface area contributed by atoms with Gasteiger partial charge in [-0.05, 0) is 19.4 Å². The van der Waals surface area contributed by atoms with Crippen LogP contribution in [0, 0.1) is 6.92 Å². The van der Waals surface area contributed by atoms with Crippen molar-refractivity contribution < 1.29 is 0 Å². The van der Waals surface area contributed by atoms with Crippen LogP contribution >= 0.6 is 0 Å². The Morgan fingerprint density at radius 2 is 2.27 bits per heavy atom. The molecule has 0 amide bonds. The summed E-state index contributed by atoms with van der Waals surface area (Å²) in [5, 5.41) is 6.89. The highest BCUT2D eigenvalue weighted by Gasteiger charge is 2.11. The van der Waals surface area contributed by atoms with Crippen molar-refractivity contribution in [2.75, 3.05) is 5.73 Å². The summed E-state index contributed by atoms with van der Waals surface area (Å²) >= 11 is 0. The first-order chi connectivity index (χ1) is 7.22. The van der Waals surface area contributed by atoms with Crippen LogP contribution in [-0.4, -0.2) is 20.2 Å². The molecule has 2 heterocycles. The number of nitrogens with one attached hydrogen (secondary N) is 1. The molecule has 5 heteroatoms. The van der Waals surface area contributed by atoms with E-state index < -0.39 is 0 Å². The molecular weight excluding hydrogens is 190 g/mol. The number of rotatable bonds is 2. The molecule has 0 saturated heterocycles. The van der Waals surface area contributed by atoms with E-state index in [2.05, 4.69) is 20.2 Å². The Hall–Kier alpha value is -1.91. The van der Waals surface area contributed by atoms with Gasteiger partial charge in [0, 0.05) is 11.8 Å². The van der Waals surface area contributed by atoms with Crippen LogP contribution in [-0.2, 0) is 6.42 Å². The van der Waals surface area contributed by atoms with E-state index in [-0.39, 0.29) is 0 Å². The van der Waals surface area contributed by atoms with E-state index in [4.69, 9.17) is 5.73 Å². The van der Waals surface area contributed by atoms with Gasteiger partial charge in [-0.25, -0.2) is 9.97 Å². The van der Waals surface area contributed by atoms with Crippen LogP contribution < -0.4 is 5.73 Å². The molecule has 2 rings (SSSR count). The standard InChI is InChI=1S/C10H13N5/c1-3-7-9(14-15-10(7)11)8-4-5-12-6(2)13-8/h4-5H,3H2,1-2H3,(H3,11,14,15). The fourth-order valence-corrected chi connectivity index (χ4v) is 1.54. The van der Waals surface area contributed by atoms with Crippen LogP contribution in [0.3, 0.4) is 0 Å². The lowest BCUT2D eigenvalue weighted by Gasteiger charge is -2.01. The summed E-state index contributed by atoms with van der Waals surface area (Å²) in [7, 11) is 0. The monoisotopic (exact) mass is 203 g/mol. The second-order valence-electron chi connectivity index (χ2n) is 3.31. The lowest BCUT2D eigenvalue weighted by Crippen LogP contribution is -1.94. The van der Waals surface area contributed by atoms with E-state index in [9.17, 15) is 0 Å². The van der Waals surface area contributed by atoms with Crippen LogP contribution in [0.25, 0.3) is 11.4 Å². The van der Waals surface area contributed by atoms with Crippen LogP contribution in [0.15, 0.2) is 12.3 Å². The van der Waals surface area contributed by atoms with Crippen molar-refractivity contribution in [3.05, 3.63) is 23.7 Å². The Labute approximate surface area is 87.8 Å². The third-order valence-corrected chi connectivity index (χ3v) is 2.28. The first-order valence-corrected chi connectivity index (χ1v) is 4.85. The van der Waals surface area contributed by atoms with Gasteiger partial charge in [0.1, 0.15) is 11.6 Å². The Morgan fingerprint density at radius 1 is 1.47 bits per heavy atom. The first-order valence-electron chi connectivity index (χ1n) is 4.85. The molecule has 0 spiro atoms. The van der Waals surface area contributed by atoms with Gasteiger partial charge >= 0.3 is 0 Å². The summed E-state index contributed by atoms with van der Waals surface area (Å²) in [4.78, 5) is 8.38. The zero-order valence-electron chi connectivity index (χ0n) is 8.78. The lowest BCUT2D eigenvalue weighted by atomic mass is 10.1. The highest BCUT2D eigenvalue weighted by molar-refractivity contribution is 5.64. The van der Waals surface area contributed by atoms with Crippen LogP contribution in [0.5, 0.6) is 0 Å². The summed E-state index contributed by atoms with van der Waals surface area (Å²) < 4.78 is 0. The molecule has 78 valence electrons. The van der Waals surface area contributed by atoms with Gasteiger partial charge in [-0.1, -0.05) is 6.92 Å². The normalized spacial score (nSPS) is 10.5. The largest absolute Gasteiger partial charge is 0.382 e. The predicted octanol–water partition coefficient (Wildman–Crippen LogP) is 1.32. The fraction of sp³-hybridized carbons (Fsp3) is 0.300. The molecule has 5 nitrogen and oxygen atoms in total. The molecule has 0 fully saturated rings. The van der Waals surface area contributed by atoms with Crippen LogP contribution in [0.4, 0.5) is 5.82 Å². The summed E-state index contributed by atoms with van der Waals surface area (Å²) in [5.74, 6) is 1.28. The zero-order valence-corrected chi connectivity index (χ0v) is 8.78. The van der Waals surface area contributed by atoms with Gasteiger partial charge in [0.15, 0.2) is 0 Å². The molecular formula is C10H13N5. The number of hydrogen-bond donors (Lipinski definition) is 2. The molecule has 0 unspecified atom stereocenters. The second kappa shape index (κ2) is 3.68. The van der Waals surface area contributed by atoms with Crippen molar-refractivity contribution in [3.8, 4) is 11.4 Å². The Bertz CT molecular complexity index is 474. The number of nitrogens with two attached hydrogens (primary N) is 1. The Morgan fingerprint density at radius 3 is 2.93 bits per heavy atom. The maximum atomic E-state index is 5.74. The average molecular weight is 203 g/mol. The van der Waals surface area contributed by atoms with E-state index in [1.54, 1.807) is 6.20 Å². The number of aromatic nitrogens is 4. The van der Waals surface area contributed by atoms with Crippen molar-refractivity contribution in [2.24, 2.45) is 0 Å². The molecule has 2 aromatic heterocycles. The SMILES string of the molecule is CCc1c(N)n[nH]c1-c1ccnc(C)n1. The van der Waals surface area contributed by atoms with Gasteiger partial charge in [-0.3, -0.25) is 5.10 Å². The van der Waals surface area contributed by atoms with Crippen molar-refractivity contribution >= 4 is 5.82 Å². The molecule has 2 aromatic rings. The highest BCUT2D eigenvalue weighted by atomic mass is 15.2. The van der Waals surface area contributed by atoms with Crippen LogP contribution in [0.1, 0.15) is 18.3 Å². The third kappa shape index (κ3) is 1.68. The maximum absolute atomic E-state index is 5.74. The van der Waals surface area contributed by atoms with Gasteiger partial charge in [-0.15, -0.1) is 0 Å². The van der Waals surface area contributed by atoms with E-state index >= 15 is 0 Å². The molecule has 0 atom stereocenters. The first kappa shape index (κ1) is 9.64. The zero-order chi connectivity index (χ0) is 10.8. The molecule has 0 aliphatic heterocycles. The molecule has 0 aliphatic rings. The molecule has 0 aliphatic carbocycles. The third-order valence-electron chi connectivity index (χ3n) is 2.28. The minimum absolute atomic E-state index is 0.545. The smallest absolute Gasteiger partial charge is 0.149 e. The highest BCUT2D eigenvalue weighted by Crippen LogP contribution is 2.23. The number of H-pyrrole nitrogens is 1. The van der Waals surface area contributed by atoms with Gasteiger partial charge in [0.05, 0.1) is 11.4 Å². The Balaban J connectivity index is 2.54. The van der Waals surface area contributed by atoms with Crippen molar-refractivity contribution in [3.63, 3.8) is 0 Å². The summed E-state index contributed by atoms with van der Waals surface area (Å²) in [5.41, 5.74) is 8.47. The second-order valence-corrected chi connectivity index (χ2v) is 3.31. The van der Waals surface area contributed by atoms with Gasteiger partial charge in [0.25, 0.3) is 0 Å². The number of aromatic amines is 1.